The van der Waals surface area contributed by atoms with Crippen LogP contribution in [-0.4, -0.2) is 21.4 Å². The van der Waals surface area contributed by atoms with Crippen molar-refractivity contribution in [1.29, 1.82) is 0 Å². The van der Waals surface area contributed by atoms with E-state index >= 15 is 0 Å². The van der Waals surface area contributed by atoms with Gasteiger partial charge in [-0.3, -0.25) is 4.68 Å². The highest BCUT2D eigenvalue weighted by molar-refractivity contribution is 7.80. The molecule has 2 rings (SSSR count). The summed E-state index contributed by atoms with van der Waals surface area (Å²) in [7, 11) is 0. The molecule has 0 fully saturated rings. The van der Waals surface area contributed by atoms with E-state index in [1.54, 1.807) is 6.20 Å². The first-order valence-electron chi connectivity index (χ1n) is 6.30. The van der Waals surface area contributed by atoms with E-state index in [2.05, 4.69) is 46.9 Å². The predicted molar refractivity (Wildman–Crippen MR) is 82.4 cm³/mol. The quantitative estimate of drug-likeness (QED) is 0.841. The Labute approximate surface area is 118 Å². The Morgan fingerprint density at radius 1 is 1.32 bits per heavy atom. The van der Waals surface area contributed by atoms with Crippen LogP contribution in [0.3, 0.4) is 0 Å². The zero-order valence-electron chi connectivity index (χ0n) is 11.2. The Bertz CT molecular complexity index is 545. The normalized spacial score (nSPS) is 10.2. The van der Waals surface area contributed by atoms with Gasteiger partial charge in [-0.25, -0.2) is 0 Å². The van der Waals surface area contributed by atoms with Gasteiger partial charge in [0.25, 0.3) is 0 Å². The summed E-state index contributed by atoms with van der Waals surface area (Å²) in [5, 5.41) is 11.1. The lowest BCUT2D eigenvalue weighted by molar-refractivity contribution is 0.687. The van der Waals surface area contributed by atoms with Crippen molar-refractivity contribution >= 4 is 23.0 Å². The second-order valence-electron chi connectivity index (χ2n) is 4.40. The Kier molecular flexibility index (Phi) is 4.52. The largest absolute Gasteiger partial charge is 0.363 e. The summed E-state index contributed by atoms with van der Waals surface area (Å²) in [6.07, 6.45) is 3.72. The number of aromatic nitrogens is 2. The minimum absolute atomic E-state index is 0.623. The number of benzene rings is 1. The van der Waals surface area contributed by atoms with Crippen LogP contribution in [0.2, 0.25) is 0 Å². The van der Waals surface area contributed by atoms with Gasteiger partial charge in [-0.2, -0.15) is 5.10 Å². The molecule has 0 aliphatic heterocycles. The molecular formula is C14H18N4S. The number of hydrogen-bond acceptors (Lipinski definition) is 2. The smallest absolute Gasteiger partial charge is 0.170 e. The molecule has 100 valence electrons. The fraction of sp³-hybridized carbons (Fsp3) is 0.286. The highest BCUT2D eigenvalue weighted by Gasteiger charge is 2.01. The van der Waals surface area contributed by atoms with Crippen LogP contribution in [0.15, 0.2) is 36.7 Å². The van der Waals surface area contributed by atoms with Gasteiger partial charge in [0.05, 0.1) is 18.4 Å². The fourth-order valence-corrected chi connectivity index (χ4v) is 1.99. The van der Waals surface area contributed by atoms with E-state index in [4.69, 9.17) is 12.2 Å². The molecular weight excluding hydrogens is 256 g/mol. The van der Waals surface area contributed by atoms with Crippen LogP contribution >= 0.6 is 12.2 Å². The summed E-state index contributed by atoms with van der Waals surface area (Å²) in [5.74, 6) is 0. The van der Waals surface area contributed by atoms with Crippen molar-refractivity contribution in [3.63, 3.8) is 0 Å². The molecule has 0 atom stereocenters. The Balaban J connectivity index is 1.97. The van der Waals surface area contributed by atoms with Crippen LogP contribution in [0.4, 0.5) is 5.69 Å². The zero-order chi connectivity index (χ0) is 13.7. The second-order valence-corrected chi connectivity index (χ2v) is 4.80. The lowest BCUT2D eigenvalue weighted by Gasteiger charge is -2.05. The van der Waals surface area contributed by atoms with E-state index in [0.29, 0.717) is 5.11 Å². The van der Waals surface area contributed by atoms with Crippen molar-refractivity contribution in [2.75, 3.05) is 11.9 Å². The molecule has 0 unspecified atom stereocenters. The van der Waals surface area contributed by atoms with Gasteiger partial charge in [0.1, 0.15) is 0 Å². The van der Waals surface area contributed by atoms with Crippen molar-refractivity contribution in [1.82, 2.24) is 15.1 Å². The fourth-order valence-electron chi connectivity index (χ4n) is 1.73. The van der Waals surface area contributed by atoms with Gasteiger partial charge in [0.2, 0.25) is 0 Å². The Morgan fingerprint density at radius 3 is 2.74 bits per heavy atom. The molecule has 0 aliphatic carbocycles. The second kappa shape index (κ2) is 6.33. The summed E-state index contributed by atoms with van der Waals surface area (Å²) in [6, 6.07) is 8.46. The lowest BCUT2D eigenvalue weighted by Crippen LogP contribution is -2.27. The SMILES string of the molecule is CCNC(=S)Nc1cnn(Cc2ccc(C)cc2)c1. The van der Waals surface area contributed by atoms with Gasteiger partial charge < -0.3 is 10.6 Å². The minimum Gasteiger partial charge on any atom is -0.363 e. The molecule has 1 aromatic heterocycles. The highest BCUT2D eigenvalue weighted by Crippen LogP contribution is 2.09. The number of anilines is 1. The molecule has 4 nitrogen and oxygen atoms in total. The maximum Gasteiger partial charge on any atom is 0.170 e. The number of thiocarbonyl (C=S) groups is 1. The molecule has 2 N–H and O–H groups in total. The highest BCUT2D eigenvalue weighted by atomic mass is 32.1. The van der Waals surface area contributed by atoms with Crippen LogP contribution < -0.4 is 10.6 Å². The Morgan fingerprint density at radius 2 is 2.05 bits per heavy atom. The maximum absolute atomic E-state index is 5.13. The summed E-state index contributed by atoms with van der Waals surface area (Å²) >= 11 is 5.13. The minimum atomic E-state index is 0.623. The van der Waals surface area contributed by atoms with E-state index in [9.17, 15) is 0 Å². The summed E-state index contributed by atoms with van der Waals surface area (Å²) < 4.78 is 1.89. The Hall–Kier alpha value is -1.88. The van der Waals surface area contributed by atoms with Gasteiger partial charge in [-0.05, 0) is 31.6 Å². The van der Waals surface area contributed by atoms with E-state index in [-0.39, 0.29) is 0 Å². The molecule has 2 aromatic rings. The van der Waals surface area contributed by atoms with Crippen molar-refractivity contribution in [3.8, 4) is 0 Å². The molecule has 1 aromatic carbocycles. The van der Waals surface area contributed by atoms with Gasteiger partial charge in [-0.1, -0.05) is 29.8 Å². The van der Waals surface area contributed by atoms with E-state index in [0.717, 1.165) is 18.8 Å². The number of nitrogens with one attached hydrogen (secondary N) is 2. The number of hydrogen-bond donors (Lipinski definition) is 2. The molecule has 19 heavy (non-hydrogen) atoms. The molecule has 0 radical (unpaired) electrons. The number of aryl methyl sites for hydroxylation is 1. The summed E-state index contributed by atoms with van der Waals surface area (Å²) in [4.78, 5) is 0. The number of nitrogens with zero attached hydrogens (tertiary/aromatic N) is 2. The van der Waals surface area contributed by atoms with Crippen molar-refractivity contribution in [2.24, 2.45) is 0 Å². The third-order valence-electron chi connectivity index (χ3n) is 2.69. The third-order valence-corrected chi connectivity index (χ3v) is 2.94. The number of rotatable bonds is 4. The molecule has 1 heterocycles. The van der Waals surface area contributed by atoms with Crippen molar-refractivity contribution < 1.29 is 0 Å². The monoisotopic (exact) mass is 274 g/mol. The van der Waals surface area contributed by atoms with E-state index in [1.807, 2.05) is 17.8 Å². The van der Waals surface area contributed by atoms with E-state index < -0.39 is 0 Å². The van der Waals surface area contributed by atoms with Crippen LogP contribution in [0.1, 0.15) is 18.1 Å². The van der Waals surface area contributed by atoms with Crippen LogP contribution in [0.5, 0.6) is 0 Å². The maximum atomic E-state index is 5.13. The van der Waals surface area contributed by atoms with Crippen LogP contribution in [-0.2, 0) is 6.54 Å². The summed E-state index contributed by atoms with van der Waals surface area (Å²) in [6.45, 7) is 5.66. The van der Waals surface area contributed by atoms with Gasteiger partial charge >= 0.3 is 0 Å². The molecule has 0 bridgehead atoms. The van der Waals surface area contributed by atoms with E-state index in [1.165, 1.54) is 11.1 Å². The molecule has 0 saturated carbocycles. The average Bonchev–Trinajstić information content (AvgIpc) is 2.80. The third kappa shape index (κ3) is 4.06. The molecule has 0 spiro atoms. The van der Waals surface area contributed by atoms with Gasteiger partial charge in [0, 0.05) is 12.7 Å². The van der Waals surface area contributed by atoms with Crippen LogP contribution in [0.25, 0.3) is 0 Å². The molecule has 5 heteroatoms. The van der Waals surface area contributed by atoms with Crippen molar-refractivity contribution in [3.05, 3.63) is 47.8 Å². The predicted octanol–water partition coefficient (Wildman–Crippen LogP) is 2.55. The summed E-state index contributed by atoms with van der Waals surface area (Å²) in [5.41, 5.74) is 3.40. The molecule has 0 amide bonds. The standard InChI is InChI=1S/C14H18N4S/c1-3-15-14(19)17-13-8-16-18(10-13)9-12-6-4-11(2)5-7-12/h4-8,10H,3,9H2,1-2H3,(H2,15,17,19). The first kappa shape index (κ1) is 13.5. The zero-order valence-corrected chi connectivity index (χ0v) is 12.0. The first-order chi connectivity index (χ1) is 9.17. The van der Waals surface area contributed by atoms with Crippen molar-refractivity contribution in [2.45, 2.75) is 20.4 Å². The first-order valence-corrected chi connectivity index (χ1v) is 6.71. The molecule has 0 aliphatic rings. The van der Waals surface area contributed by atoms with Gasteiger partial charge in [0.15, 0.2) is 5.11 Å². The topological polar surface area (TPSA) is 41.9 Å². The van der Waals surface area contributed by atoms with Gasteiger partial charge in [-0.15, -0.1) is 0 Å². The van der Waals surface area contributed by atoms with Crippen LogP contribution in [0, 0.1) is 6.92 Å². The average molecular weight is 274 g/mol. The lowest BCUT2D eigenvalue weighted by atomic mass is 10.1. The molecule has 0 saturated heterocycles.